The number of rotatable bonds is 7. The molecule has 1 aromatic heterocycles. The summed E-state index contributed by atoms with van der Waals surface area (Å²) >= 11 is 0. The van der Waals surface area contributed by atoms with Gasteiger partial charge in [-0.25, -0.2) is 17.7 Å². The minimum atomic E-state index is -4.47. The van der Waals surface area contributed by atoms with Gasteiger partial charge >= 0.3 is 12.1 Å². The van der Waals surface area contributed by atoms with E-state index in [9.17, 15) is 26.4 Å². The Bertz CT molecular complexity index is 1250. The number of benzene rings is 2. The Morgan fingerprint density at radius 1 is 1.16 bits per heavy atom. The molecule has 7 nitrogen and oxygen atoms in total. The van der Waals surface area contributed by atoms with Crippen molar-refractivity contribution in [3.05, 3.63) is 59.4 Å². The van der Waals surface area contributed by atoms with Crippen LogP contribution in [0.25, 0.3) is 11.0 Å². The fraction of sp³-hybridized carbons (Fsp3) is 0.333. The summed E-state index contributed by atoms with van der Waals surface area (Å²) in [6.45, 7) is -0.267. The molecule has 0 saturated carbocycles. The van der Waals surface area contributed by atoms with Crippen LogP contribution in [-0.4, -0.2) is 42.3 Å². The number of sulfonamides is 1. The number of fused-ring (bicyclic) bond motifs is 1. The van der Waals surface area contributed by atoms with Gasteiger partial charge in [-0.15, -0.1) is 0 Å². The summed E-state index contributed by atoms with van der Waals surface area (Å²) in [7, 11) is 1.02. The van der Waals surface area contributed by atoms with Gasteiger partial charge in [0.1, 0.15) is 12.4 Å². The zero-order valence-corrected chi connectivity index (χ0v) is 18.5. The third kappa shape index (κ3) is 5.10. The molecule has 0 saturated heterocycles. The second-order valence-corrected chi connectivity index (χ2v) is 9.54. The van der Waals surface area contributed by atoms with Crippen LogP contribution in [0.4, 0.5) is 13.2 Å². The first-order valence-electron chi connectivity index (χ1n) is 9.59. The van der Waals surface area contributed by atoms with E-state index in [1.807, 2.05) is 0 Å². The van der Waals surface area contributed by atoms with Gasteiger partial charge in [-0.3, -0.25) is 4.79 Å². The van der Waals surface area contributed by atoms with E-state index < -0.39 is 27.7 Å². The number of hydrogen-bond donors (Lipinski definition) is 0. The molecule has 0 unspecified atom stereocenters. The van der Waals surface area contributed by atoms with E-state index >= 15 is 0 Å². The van der Waals surface area contributed by atoms with Crippen molar-refractivity contribution in [3.63, 3.8) is 0 Å². The molecule has 0 N–H and O–H groups in total. The molecule has 0 amide bonds. The maximum Gasteiger partial charge on any atom is 0.416 e. The Hall–Kier alpha value is -2.92. The molecule has 32 heavy (non-hydrogen) atoms. The van der Waals surface area contributed by atoms with Crippen LogP contribution >= 0.6 is 0 Å². The van der Waals surface area contributed by atoms with E-state index in [1.165, 1.54) is 38.4 Å². The number of hydrogen-bond acceptors (Lipinski definition) is 5. The van der Waals surface area contributed by atoms with Crippen molar-refractivity contribution in [3.8, 4) is 0 Å². The molecule has 0 fully saturated rings. The standard InChI is InChI=1S/C21H22F3N3O4S/c1-26(2)32(29,30)16-7-8-18-17(12-16)25-19(27(18)3)9-10-20(28)31-13-14-5-4-6-15(11-14)21(22,23)24/h4-8,11-12H,9-10,13H2,1-3H3. The van der Waals surface area contributed by atoms with E-state index in [2.05, 4.69) is 4.98 Å². The normalized spacial score (nSPS) is 12.5. The van der Waals surface area contributed by atoms with Crippen molar-refractivity contribution in [1.82, 2.24) is 13.9 Å². The fourth-order valence-electron chi connectivity index (χ4n) is 3.11. The molecule has 2 aromatic carbocycles. The minimum Gasteiger partial charge on any atom is -0.461 e. The van der Waals surface area contributed by atoms with Crippen molar-refractivity contribution >= 4 is 27.0 Å². The van der Waals surface area contributed by atoms with Crippen molar-refractivity contribution in [2.45, 2.75) is 30.5 Å². The van der Waals surface area contributed by atoms with Gasteiger partial charge in [0.25, 0.3) is 0 Å². The number of carbonyl (C=O) groups is 1. The van der Waals surface area contributed by atoms with Crippen LogP contribution in [0.1, 0.15) is 23.4 Å². The molecule has 172 valence electrons. The number of esters is 1. The number of aromatic nitrogens is 2. The largest absolute Gasteiger partial charge is 0.461 e. The van der Waals surface area contributed by atoms with Crippen LogP contribution in [-0.2, 0) is 45.8 Å². The van der Waals surface area contributed by atoms with Gasteiger partial charge in [0, 0.05) is 27.6 Å². The molecular weight excluding hydrogens is 447 g/mol. The first-order valence-corrected chi connectivity index (χ1v) is 11.0. The topological polar surface area (TPSA) is 81.5 Å². The summed E-state index contributed by atoms with van der Waals surface area (Å²) in [6.07, 6.45) is -4.27. The van der Waals surface area contributed by atoms with Gasteiger partial charge < -0.3 is 9.30 Å². The van der Waals surface area contributed by atoms with Gasteiger partial charge in [0.05, 0.1) is 27.9 Å². The van der Waals surface area contributed by atoms with Crippen molar-refractivity contribution in [2.75, 3.05) is 14.1 Å². The van der Waals surface area contributed by atoms with Gasteiger partial charge in [0.15, 0.2) is 0 Å². The number of imidazole rings is 1. The molecular formula is C21H22F3N3O4S. The predicted molar refractivity (Wildman–Crippen MR) is 111 cm³/mol. The highest BCUT2D eigenvalue weighted by Gasteiger charge is 2.30. The van der Waals surface area contributed by atoms with Crippen LogP contribution in [0, 0.1) is 0 Å². The van der Waals surface area contributed by atoms with Crippen molar-refractivity contribution < 1.29 is 31.1 Å². The van der Waals surface area contributed by atoms with E-state index in [-0.39, 0.29) is 29.9 Å². The molecule has 11 heteroatoms. The van der Waals surface area contributed by atoms with Crippen LogP contribution < -0.4 is 0 Å². The summed E-state index contributed by atoms with van der Waals surface area (Å²) < 4.78 is 70.9. The Labute approximate surface area is 183 Å². The summed E-state index contributed by atoms with van der Waals surface area (Å²) in [5.41, 5.74) is 0.615. The molecule has 0 aliphatic rings. The molecule has 0 aliphatic heterocycles. The number of ether oxygens (including phenoxy) is 1. The SMILES string of the molecule is CN(C)S(=O)(=O)c1ccc2c(c1)nc(CCC(=O)OCc1cccc(C(F)(F)F)c1)n2C. The molecule has 0 spiro atoms. The smallest absolute Gasteiger partial charge is 0.416 e. The van der Waals surface area contributed by atoms with E-state index in [0.717, 1.165) is 16.4 Å². The Morgan fingerprint density at radius 3 is 2.53 bits per heavy atom. The highest BCUT2D eigenvalue weighted by molar-refractivity contribution is 7.89. The first-order chi connectivity index (χ1) is 14.9. The molecule has 3 aromatic rings. The van der Waals surface area contributed by atoms with Crippen LogP contribution in [0.15, 0.2) is 47.4 Å². The Kier molecular flexibility index (Phi) is 6.61. The van der Waals surface area contributed by atoms with Gasteiger partial charge in [-0.05, 0) is 35.9 Å². The number of halogens is 3. The van der Waals surface area contributed by atoms with Gasteiger partial charge in [-0.2, -0.15) is 13.2 Å². The number of aryl methyl sites for hydroxylation is 2. The summed E-state index contributed by atoms with van der Waals surface area (Å²) in [6, 6.07) is 9.22. The highest BCUT2D eigenvalue weighted by atomic mass is 32.2. The Balaban J connectivity index is 1.66. The lowest BCUT2D eigenvalue weighted by Crippen LogP contribution is -2.22. The van der Waals surface area contributed by atoms with Crippen molar-refractivity contribution in [2.24, 2.45) is 7.05 Å². The molecule has 0 bridgehead atoms. The maximum absolute atomic E-state index is 12.8. The van der Waals surface area contributed by atoms with Crippen molar-refractivity contribution in [1.29, 1.82) is 0 Å². The Morgan fingerprint density at radius 2 is 1.88 bits per heavy atom. The van der Waals surface area contributed by atoms with E-state index in [1.54, 1.807) is 17.7 Å². The number of alkyl halides is 3. The number of carbonyl (C=O) groups excluding carboxylic acids is 1. The second kappa shape index (κ2) is 8.91. The lowest BCUT2D eigenvalue weighted by atomic mass is 10.1. The van der Waals surface area contributed by atoms with E-state index in [4.69, 9.17) is 4.74 Å². The third-order valence-corrected chi connectivity index (χ3v) is 6.74. The van der Waals surface area contributed by atoms with E-state index in [0.29, 0.717) is 16.9 Å². The summed E-state index contributed by atoms with van der Waals surface area (Å²) in [5.74, 6) is -0.0271. The zero-order valence-electron chi connectivity index (χ0n) is 17.7. The second-order valence-electron chi connectivity index (χ2n) is 7.38. The molecule has 1 heterocycles. The van der Waals surface area contributed by atoms with Crippen LogP contribution in [0.2, 0.25) is 0 Å². The first kappa shape index (κ1) is 23.7. The molecule has 0 aliphatic carbocycles. The van der Waals surface area contributed by atoms with Crippen LogP contribution in [0.3, 0.4) is 0 Å². The maximum atomic E-state index is 12.8. The van der Waals surface area contributed by atoms with Gasteiger partial charge in [0.2, 0.25) is 10.0 Å². The summed E-state index contributed by atoms with van der Waals surface area (Å²) in [4.78, 5) is 16.6. The highest BCUT2D eigenvalue weighted by Crippen LogP contribution is 2.29. The minimum absolute atomic E-state index is 0.0288. The summed E-state index contributed by atoms with van der Waals surface area (Å²) in [5, 5.41) is 0. The molecule has 3 rings (SSSR count). The fourth-order valence-corrected chi connectivity index (χ4v) is 4.03. The number of nitrogens with zero attached hydrogens (tertiary/aromatic N) is 3. The molecule has 0 atom stereocenters. The average Bonchev–Trinajstić information content (AvgIpc) is 3.05. The third-order valence-electron chi connectivity index (χ3n) is 4.93. The predicted octanol–water partition coefficient (Wildman–Crippen LogP) is 3.52. The van der Waals surface area contributed by atoms with Gasteiger partial charge in [-0.1, -0.05) is 12.1 Å². The lowest BCUT2D eigenvalue weighted by Gasteiger charge is -2.10. The zero-order chi connectivity index (χ0) is 23.7. The van der Waals surface area contributed by atoms with Crippen LogP contribution in [0.5, 0.6) is 0 Å². The average molecular weight is 469 g/mol. The quantitative estimate of drug-likeness (QED) is 0.495. The lowest BCUT2D eigenvalue weighted by molar-refractivity contribution is -0.144. The molecule has 0 radical (unpaired) electrons. The monoisotopic (exact) mass is 469 g/mol.